The van der Waals surface area contributed by atoms with E-state index in [1.54, 1.807) is 0 Å². The monoisotopic (exact) mass is 463 g/mol. The third-order valence-electron chi connectivity index (χ3n) is 5.12. The molecule has 0 saturated carbocycles. The van der Waals surface area contributed by atoms with Crippen LogP contribution in [0.15, 0.2) is 50.6 Å². The Kier molecular flexibility index (Phi) is 7.40. The molecule has 0 aliphatic carbocycles. The van der Waals surface area contributed by atoms with Crippen molar-refractivity contribution in [3.63, 3.8) is 0 Å². The van der Waals surface area contributed by atoms with Crippen LogP contribution < -0.4 is 16.6 Å². The molecule has 1 unspecified atom stereocenters. The highest BCUT2D eigenvalue weighted by molar-refractivity contribution is 9.10. The van der Waals surface area contributed by atoms with Gasteiger partial charge < -0.3 is 10.2 Å². The molecule has 9 heteroatoms. The van der Waals surface area contributed by atoms with Crippen molar-refractivity contribution in [2.45, 2.75) is 19.0 Å². The number of amides is 1. The van der Waals surface area contributed by atoms with E-state index in [1.807, 2.05) is 30.3 Å². The normalized spacial score (nSPS) is 16.5. The summed E-state index contributed by atoms with van der Waals surface area (Å²) < 4.78 is 1.58. The molecule has 0 bridgehead atoms. The average Bonchev–Trinajstić information content (AvgIpc) is 2.71. The summed E-state index contributed by atoms with van der Waals surface area (Å²) in [6, 6.07) is 9.81. The first-order chi connectivity index (χ1) is 13.9. The fraction of sp³-hybridized carbons (Fsp3) is 0.450. The number of aromatic nitrogens is 2. The van der Waals surface area contributed by atoms with E-state index < -0.39 is 11.2 Å². The SMILES string of the molecule is CN1CCN(CC(NC(=O)CCn2cc(Br)c(=O)[nH]c2=O)c2ccccc2)CC1. The van der Waals surface area contributed by atoms with Crippen molar-refractivity contribution in [2.75, 3.05) is 39.8 Å². The zero-order chi connectivity index (χ0) is 20.8. The van der Waals surface area contributed by atoms with E-state index in [9.17, 15) is 14.4 Å². The summed E-state index contributed by atoms with van der Waals surface area (Å²) >= 11 is 3.10. The predicted molar refractivity (Wildman–Crippen MR) is 115 cm³/mol. The zero-order valence-corrected chi connectivity index (χ0v) is 18.0. The van der Waals surface area contributed by atoms with Gasteiger partial charge in [-0.3, -0.25) is 24.0 Å². The van der Waals surface area contributed by atoms with Gasteiger partial charge in [0.2, 0.25) is 5.91 Å². The maximum atomic E-state index is 12.6. The molecule has 1 atom stereocenters. The second-order valence-corrected chi connectivity index (χ2v) is 8.17. The summed E-state index contributed by atoms with van der Waals surface area (Å²) in [4.78, 5) is 42.8. The fourth-order valence-electron chi connectivity index (χ4n) is 3.35. The van der Waals surface area contributed by atoms with Crippen LogP contribution in [-0.4, -0.2) is 65.0 Å². The Balaban J connectivity index is 1.64. The zero-order valence-electron chi connectivity index (χ0n) is 16.4. The Morgan fingerprint density at radius 1 is 1.17 bits per heavy atom. The molecule has 1 fully saturated rings. The molecule has 29 heavy (non-hydrogen) atoms. The highest BCUT2D eigenvalue weighted by Gasteiger charge is 2.21. The lowest BCUT2D eigenvalue weighted by Gasteiger charge is -2.35. The topological polar surface area (TPSA) is 90.4 Å². The summed E-state index contributed by atoms with van der Waals surface area (Å²) in [7, 11) is 2.12. The minimum Gasteiger partial charge on any atom is -0.348 e. The number of benzene rings is 1. The number of halogens is 1. The van der Waals surface area contributed by atoms with E-state index in [0.29, 0.717) is 0 Å². The van der Waals surface area contributed by atoms with E-state index in [4.69, 9.17) is 0 Å². The number of nitrogens with zero attached hydrogens (tertiary/aromatic N) is 3. The summed E-state index contributed by atoms with van der Waals surface area (Å²) in [5.74, 6) is -0.137. The standard InChI is InChI=1S/C20H26BrN5O3/c1-24-9-11-25(12-10-24)14-17(15-5-3-2-4-6-15)22-18(27)7-8-26-13-16(21)19(28)23-20(26)29/h2-6,13,17H,7-12,14H2,1H3,(H,22,27)(H,23,28,29). The van der Waals surface area contributed by atoms with E-state index in [2.05, 4.69) is 43.1 Å². The van der Waals surface area contributed by atoms with Crippen LogP contribution >= 0.6 is 15.9 Å². The molecule has 1 amide bonds. The third-order valence-corrected chi connectivity index (χ3v) is 5.69. The molecular formula is C20H26BrN5O3. The Labute approximate surface area is 177 Å². The predicted octanol–water partition coefficient (Wildman–Crippen LogP) is 0.794. The number of carbonyl (C=O) groups excluding carboxylic acids is 1. The molecular weight excluding hydrogens is 438 g/mol. The number of aryl methyl sites for hydroxylation is 1. The van der Waals surface area contributed by atoms with Gasteiger partial charge in [-0.05, 0) is 28.5 Å². The molecule has 156 valence electrons. The molecule has 0 spiro atoms. The van der Waals surface area contributed by atoms with Crippen molar-refractivity contribution >= 4 is 21.8 Å². The Morgan fingerprint density at radius 3 is 2.55 bits per heavy atom. The lowest BCUT2D eigenvalue weighted by molar-refractivity contribution is -0.122. The number of piperazine rings is 1. The Bertz CT molecular complexity index is 935. The lowest BCUT2D eigenvalue weighted by atomic mass is 10.1. The van der Waals surface area contributed by atoms with Gasteiger partial charge in [0.15, 0.2) is 0 Å². The lowest BCUT2D eigenvalue weighted by Crippen LogP contribution is -2.48. The van der Waals surface area contributed by atoms with Gasteiger partial charge in [0.05, 0.1) is 10.5 Å². The van der Waals surface area contributed by atoms with Gasteiger partial charge in [0.25, 0.3) is 5.56 Å². The van der Waals surface area contributed by atoms with Gasteiger partial charge in [0.1, 0.15) is 0 Å². The van der Waals surface area contributed by atoms with Crippen LogP contribution in [0.4, 0.5) is 0 Å². The number of hydrogen-bond donors (Lipinski definition) is 2. The minimum absolute atomic E-state index is 0.119. The Morgan fingerprint density at radius 2 is 1.86 bits per heavy atom. The first kappa shape index (κ1) is 21.5. The molecule has 2 aromatic rings. The number of carbonyl (C=O) groups is 1. The maximum Gasteiger partial charge on any atom is 0.328 e. The van der Waals surface area contributed by atoms with Crippen LogP contribution in [0, 0.1) is 0 Å². The van der Waals surface area contributed by atoms with Crippen molar-refractivity contribution in [3.05, 3.63) is 67.4 Å². The Hall–Kier alpha value is -2.23. The minimum atomic E-state index is -0.525. The highest BCUT2D eigenvalue weighted by atomic mass is 79.9. The smallest absolute Gasteiger partial charge is 0.328 e. The van der Waals surface area contributed by atoms with E-state index in [1.165, 1.54) is 10.8 Å². The summed E-state index contributed by atoms with van der Waals surface area (Å²) in [6.45, 7) is 4.90. The second kappa shape index (κ2) is 10.00. The number of likely N-dealkylation sites (N-methyl/N-ethyl adjacent to an activating group) is 1. The van der Waals surface area contributed by atoms with E-state index >= 15 is 0 Å². The van der Waals surface area contributed by atoms with Crippen molar-refractivity contribution in [1.82, 2.24) is 24.7 Å². The van der Waals surface area contributed by atoms with Crippen LogP contribution in [0.5, 0.6) is 0 Å². The molecule has 1 saturated heterocycles. The maximum absolute atomic E-state index is 12.6. The van der Waals surface area contributed by atoms with Crippen molar-refractivity contribution in [3.8, 4) is 0 Å². The van der Waals surface area contributed by atoms with Crippen LogP contribution in [0.3, 0.4) is 0 Å². The van der Waals surface area contributed by atoms with E-state index in [0.717, 1.165) is 38.3 Å². The molecule has 1 aliphatic heterocycles. The fourth-order valence-corrected chi connectivity index (χ4v) is 3.69. The molecule has 1 aromatic heterocycles. The van der Waals surface area contributed by atoms with Crippen molar-refractivity contribution in [2.24, 2.45) is 0 Å². The number of rotatable bonds is 7. The van der Waals surface area contributed by atoms with Crippen LogP contribution in [0.1, 0.15) is 18.0 Å². The van der Waals surface area contributed by atoms with Gasteiger partial charge >= 0.3 is 5.69 Å². The average molecular weight is 464 g/mol. The number of H-pyrrole nitrogens is 1. The molecule has 1 aromatic carbocycles. The first-order valence-corrected chi connectivity index (χ1v) is 10.5. The van der Waals surface area contributed by atoms with Gasteiger partial charge in [-0.1, -0.05) is 30.3 Å². The number of nitrogens with one attached hydrogen (secondary N) is 2. The molecule has 0 radical (unpaired) electrons. The third kappa shape index (κ3) is 6.12. The largest absolute Gasteiger partial charge is 0.348 e. The summed E-state index contributed by atoms with van der Waals surface area (Å²) in [5.41, 5.74) is 0.0544. The summed E-state index contributed by atoms with van der Waals surface area (Å²) in [5, 5.41) is 3.11. The van der Waals surface area contributed by atoms with Crippen molar-refractivity contribution < 1.29 is 4.79 Å². The molecule has 1 aliphatic rings. The van der Waals surface area contributed by atoms with E-state index in [-0.39, 0.29) is 29.4 Å². The number of aromatic amines is 1. The van der Waals surface area contributed by atoms with Crippen LogP contribution in [-0.2, 0) is 11.3 Å². The second-order valence-electron chi connectivity index (χ2n) is 7.31. The van der Waals surface area contributed by atoms with Crippen LogP contribution in [0.25, 0.3) is 0 Å². The van der Waals surface area contributed by atoms with Gasteiger partial charge in [-0.25, -0.2) is 4.79 Å². The van der Waals surface area contributed by atoms with Gasteiger partial charge in [-0.15, -0.1) is 0 Å². The molecule has 3 rings (SSSR count). The number of hydrogen-bond acceptors (Lipinski definition) is 5. The van der Waals surface area contributed by atoms with Crippen molar-refractivity contribution in [1.29, 1.82) is 0 Å². The summed E-state index contributed by atoms with van der Waals surface area (Å²) in [6.07, 6.45) is 1.55. The first-order valence-electron chi connectivity index (χ1n) is 9.67. The van der Waals surface area contributed by atoms with Gasteiger partial charge in [-0.2, -0.15) is 0 Å². The van der Waals surface area contributed by atoms with Gasteiger partial charge in [0, 0.05) is 51.9 Å². The molecule has 8 nitrogen and oxygen atoms in total. The molecule has 2 heterocycles. The molecule has 2 N–H and O–H groups in total. The quantitative estimate of drug-likeness (QED) is 0.633. The highest BCUT2D eigenvalue weighted by Crippen LogP contribution is 2.16. The van der Waals surface area contributed by atoms with Crippen LogP contribution in [0.2, 0.25) is 0 Å².